The van der Waals surface area contributed by atoms with Crippen molar-refractivity contribution in [1.29, 1.82) is 0 Å². The highest BCUT2D eigenvalue weighted by Crippen LogP contribution is 2.29. The Morgan fingerprint density at radius 1 is 1.07 bits per heavy atom. The summed E-state index contributed by atoms with van der Waals surface area (Å²) in [6.45, 7) is 0. The molecule has 138 valence electrons. The van der Waals surface area contributed by atoms with Gasteiger partial charge in [-0.15, -0.1) is 0 Å². The van der Waals surface area contributed by atoms with E-state index in [0.29, 0.717) is 24.3 Å². The highest BCUT2D eigenvalue weighted by molar-refractivity contribution is 5.92. The summed E-state index contributed by atoms with van der Waals surface area (Å²) in [6.07, 6.45) is 5.91. The van der Waals surface area contributed by atoms with Crippen molar-refractivity contribution in [2.24, 2.45) is 0 Å². The van der Waals surface area contributed by atoms with E-state index in [1.165, 1.54) is 12.5 Å². The third kappa shape index (κ3) is 3.58. The standard InChI is InChI=1S/C20H20FN5O/c1-22-18-9-13(10-23-19(18)21)12-2-7-17-16(8-12)20(25-11-24-17)26-14-3-5-15(27)6-4-14/h2,7-11,14,22H,3-6H2,1H3,(H,24,25,26). The van der Waals surface area contributed by atoms with Crippen molar-refractivity contribution in [3.05, 3.63) is 42.7 Å². The van der Waals surface area contributed by atoms with Crippen LogP contribution in [0.1, 0.15) is 25.7 Å². The highest BCUT2D eigenvalue weighted by atomic mass is 19.1. The largest absolute Gasteiger partial charge is 0.384 e. The number of rotatable bonds is 4. The number of nitrogens with one attached hydrogen (secondary N) is 2. The minimum absolute atomic E-state index is 0.229. The van der Waals surface area contributed by atoms with Gasteiger partial charge in [-0.1, -0.05) is 6.07 Å². The van der Waals surface area contributed by atoms with Crippen molar-refractivity contribution in [3.63, 3.8) is 0 Å². The van der Waals surface area contributed by atoms with E-state index in [9.17, 15) is 9.18 Å². The number of Topliss-reactive ketones (excluding diaryl/α,β-unsaturated/α-hetero) is 1. The monoisotopic (exact) mass is 365 g/mol. The fourth-order valence-electron chi connectivity index (χ4n) is 3.41. The molecule has 3 aromatic rings. The number of hydrogen-bond donors (Lipinski definition) is 2. The quantitative estimate of drug-likeness (QED) is 0.685. The molecule has 2 heterocycles. The van der Waals surface area contributed by atoms with Crippen LogP contribution in [0.25, 0.3) is 22.0 Å². The minimum atomic E-state index is -0.528. The molecule has 1 aliphatic carbocycles. The molecule has 0 bridgehead atoms. The summed E-state index contributed by atoms with van der Waals surface area (Å²) in [7, 11) is 1.66. The van der Waals surface area contributed by atoms with Crippen LogP contribution in [0.2, 0.25) is 0 Å². The molecule has 2 aromatic heterocycles. The van der Waals surface area contributed by atoms with Gasteiger partial charge in [0.15, 0.2) is 0 Å². The average Bonchev–Trinajstić information content (AvgIpc) is 2.70. The zero-order valence-electron chi connectivity index (χ0n) is 15.0. The van der Waals surface area contributed by atoms with Gasteiger partial charge in [0.2, 0.25) is 5.95 Å². The molecule has 0 aliphatic heterocycles. The molecule has 27 heavy (non-hydrogen) atoms. The average molecular weight is 365 g/mol. The van der Waals surface area contributed by atoms with Crippen LogP contribution < -0.4 is 10.6 Å². The molecule has 1 saturated carbocycles. The molecule has 6 nitrogen and oxygen atoms in total. The van der Waals surface area contributed by atoms with Gasteiger partial charge in [-0.2, -0.15) is 4.39 Å². The Bertz CT molecular complexity index is 997. The number of benzene rings is 1. The first-order chi connectivity index (χ1) is 13.1. The van der Waals surface area contributed by atoms with Crippen LogP contribution in [0.4, 0.5) is 15.9 Å². The van der Waals surface area contributed by atoms with Crippen LogP contribution in [0.3, 0.4) is 0 Å². The van der Waals surface area contributed by atoms with E-state index < -0.39 is 5.95 Å². The molecular weight excluding hydrogens is 345 g/mol. The van der Waals surface area contributed by atoms with Crippen LogP contribution in [0, 0.1) is 5.95 Å². The maximum Gasteiger partial charge on any atom is 0.236 e. The molecule has 0 atom stereocenters. The normalized spacial score (nSPS) is 15.1. The van der Waals surface area contributed by atoms with E-state index in [0.717, 1.165) is 40.7 Å². The Hall–Kier alpha value is -3.09. The van der Waals surface area contributed by atoms with Crippen molar-refractivity contribution >= 4 is 28.2 Å². The minimum Gasteiger partial charge on any atom is -0.384 e. The number of hydrogen-bond acceptors (Lipinski definition) is 6. The van der Waals surface area contributed by atoms with Crippen LogP contribution in [-0.4, -0.2) is 33.8 Å². The fourth-order valence-corrected chi connectivity index (χ4v) is 3.41. The summed E-state index contributed by atoms with van der Waals surface area (Å²) in [5.41, 5.74) is 2.89. The third-order valence-corrected chi connectivity index (χ3v) is 4.96. The van der Waals surface area contributed by atoms with Gasteiger partial charge in [0, 0.05) is 43.1 Å². The van der Waals surface area contributed by atoms with E-state index in [1.54, 1.807) is 13.1 Å². The summed E-state index contributed by atoms with van der Waals surface area (Å²) in [4.78, 5) is 24.0. The lowest BCUT2D eigenvalue weighted by molar-refractivity contribution is -0.120. The Morgan fingerprint density at radius 2 is 1.89 bits per heavy atom. The molecule has 0 spiro atoms. The Balaban J connectivity index is 1.69. The number of aromatic nitrogens is 3. The molecule has 2 N–H and O–H groups in total. The smallest absolute Gasteiger partial charge is 0.236 e. The van der Waals surface area contributed by atoms with Crippen molar-refractivity contribution < 1.29 is 9.18 Å². The van der Waals surface area contributed by atoms with Crippen LogP contribution in [0.15, 0.2) is 36.8 Å². The number of carbonyl (C=O) groups is 1. The molecule has 1 fully saturated rings. The second-order valence-electron chi connectivity index (χ2n) is 6.72. The first-order valence-corrected chi connectivity index (χ1v) is 9.00. The molecule has 0 amide bonds. The van der Waals surface area contributed by atoms with Gasteiger partial charge in [0.1, 0.15) is 17.9 Å². The molecule has 0 saturated heterocycles. The lowest BCUT2D eigenvalue weighted by atomic mass is 9.94. The zero-order valence-corrected chi connectivity index (χ0v) is 15.0. The topological polar surface area (TPSA) is 79.8 Å². The van der Waals surface area contributed by atoms with E-state index >= 15 is 0 Å². The van der Waals surface area contributed by atoms with Crippen LogP contribution in [-0.2, 0) is 4.79 Å². The van der Waals surface area contributed by atoms with E-state index in [2.05, 4.69) is 25.6 Å². The molecule has 7 heteroatoms. The number of anilines is 2. The highest BCUT2D eigenvalue weighted by Gasteiger charge is 2.19. The fraction of sp³-hybridized carbons (Fsp3) is 0.300. The van der Waals surface area contributed by atoms with Crippen molar-refractivity contribution in [1.82, 2.24) is 15.0 Å². The molecule has 4 rings (SSSR count). The van der Waals surface area contributed by atoms with Crippen molar-refractivity contribution in [2.75, 3.05) is 17.7 Å². The van der Waals surface area contributed by atoms with Crippen molar-refractivity contribution in [2.45, 2.75) is 31.7 Å². The SMILES string of the molecule is CNc1cc(-c2ccc3ncnc(NC4CCC(=O)CC4)c3c2)cnc1F. The van der Waals surface area contributed by atoms with Crippen LogP contribution in [0.5, 0.6) is 0 Å². The lowest BCUT2D eigenvalue weighted by Gasteiger charge is -2.23. The predicted molar refractivity (Wildman–Crippen MR) is 103 cm³/mol. The number of pyridine rings is 1. The zero-order chi connectivity index (χ0) is 18.8. The van der Waals surface area contributed by atoms with Crippen LogP contribution >= 0.6 is 0 Å². The molecule has 1 aromatic carbocycles. The van der Waals surface area contributed by atoms with Gasteiger partial charge in [-0.25, -0.2) is 15.0 Å². The maximum atomic E-state index is 13.7. The first-order valence-electron chi connectivity index (χ1n) is 9.00. The maximum absolute atomic E-state index is 13.7. The molecule has 0 radical (unpaired) electrons. The number of carbonyl (C=O) groups excluding carboxylic acids is 1. The summed E-state index contributed by atoms with van der Waals surface area (Å²) in [5.74, 6) is 0.553. The summed E-state index contributed by atoms with van der Waals surface area (Å²) in [6, 6.07) is 7.80. The molecule has 1 aliphatic rings. The van der Waals surface area contributed by atoms with E-state index in [4.69, 9.17) is 0 Å². The van der Waals surface area contributed by atoms with E-state index in [-0.39, 0.29) is 6.04 Å². The molecular formula is C20H20FN5O. The lowest BCUT2D eigenvalue weighted by Crippen LogP contribution is -2.26. The van der Waals surface area contributed by atoms with Gasteiger partial charge in [0.05, 0.1) is 11.2 Å². The van der Waals surface area contributed by atoms with Gasteiger partial charge >= 0.3 is 0 Å². The predicted octanol–water partition coefficient (Wildman–Crippen LogP) is 3.80. The summed E-state index contributed by atoms with van der Waals surface area (Å²) in [5, 5.41) is 7.16. The van der Waals surface area contributed by atoms with Gasteiger partial charge < -0.3 is 10.6 Å². The van der Waals surface area contributed by atoms with Crippen molar-refractivity contribution in [3.8, 4) is 11.1 Å². The number of halogens is 1. The summed E-state index contributed by atoms with van der Waals surface area (Å²) >= 11 is 0. The second-order valence-corrected chi connectivity index (χ2v) is 6.72. The third-order valence-electron chi connectivity index (χ3n) is 4.96. The number of fused-ring (bicyclic) bond motifs is 1. The Labute approximate surface area is 156 Å². The Kier molecular flexibility index (Phi) is 4.66. The van der Waals surface area contributed by atoms with Gasteiger partial charge in [-0.05, 0) is 36.6 Å². The number of ketones is 1. The van der Waals surface area contributed by atoms with E-state index in [1.807, 2.05) is 18.2 Å². The first kappa shape index (κ1) is 17.3. The Morgan fingerprint density at radius 3 is 2.67 bits per heavy atom. The molecule has 0 unspecified atom stereocenters. The number of nitrogens with zero attached hydrogens (tertiary/aromatic N) is 3. The van der Waals surface area contributed by atoms with Gasteiger partial charge in [0.25, 0.3) is 0 Å². The summed E-state index contributed by atoms with van der Waals surface area (Å²) < 4.78 is 13.7. The van der Waals surface area contributed by atoms with Gasteiger partial charge in [-0.3, -0.25) is 4.79 Å². The second kappa shape index (κ2) is 7.26.